The second kappa shape index (κ2) is 22.7. The Hall–Kier alpha value is -5.36. The Morgan fingerprint density at radius 3 is 1.47 bits per heavy atom. The molecule has 0 saturated heterocycles. The molecule has 0 aromatic carbocycles. The molecule has 0 spiro atoms. The molecule has 3 fully saturated rings. The van der Waals surface area contributed by atoms with Crippen molar-refractivity contribution in [3.8, 4) is 0 Å². The zero-order valence-electron chi connectivity index (χ0n) is 33.1. The van der Waals surface area contributed by atoms with Crippen LogP contribution in [0.3, 0.4) is 0 Å². The summed E-state index contributed by atoms with van der Waals surface area (Å²) in [5.74, 6) is 2.07. The van der Waals surface area contributed by atoms with E-state index in [4.69, 9.17) is 31.9 Å². The van der Waals surface area contributed by atoms with Crippen LogP contribution in [-0.4, -0.2) is 111 Å². The van der Waals surface area contributed by atoms with Gasteiger partial charge in [0.15, 0.2) is 16.9 Å². The predicted molar refractivity (Wildman–Crippen MR) is 213 cm³/mol. The standard InChI is InChI=1S/C13H16N4O2.C11H12N4O2.C9H8ClN3O2.C4H9N.Li.2H2O/c1-2-19-13(18)10-8-15-17-6-5-11(16-12(10)17)14-7-9-3-4-9;16-11(17)8-6-13-15-4-3-9(14-10(8)15)12-5-7-1-2-7;1-2-15-9(14)6-5-11-13-4-3-7(10)12-8(6)13;5-3-4-1-2-4;;;/h5-6,8-9H,2-4,7H2,1H3,(H,14,16);3-4,6-7H,1-2,5H2,(H,12,14)(H,16,17);3-5H,2H2,1H3;4H,1-3,5H2;;2*1H2/q;;;;+1;;/p-1. The minimum Gasteiger partial charge on any atom is -0.870 e. The number of anilines is 2. The van der Waals surface area contributed by atoms with E-state index in [-0.39, 0.29) is 41.3 Å². The Balaban J connectivity index is 0.000000219. The van der Waals surface area contributed by atoms with Gasteiger partial charge in [-0.25, -0.2) is 42.9 Å². The van der Waals surface area contributed by atoms with Crippen LogP contribution in [0, 0.1) is 17.8 Å². The molecule has 6 aromatic heterocycles. The molecule has 0 aliphatic heterocycles. The van der Waals surface area contributed by atoms with Crippen molar-refractivity contribution >= 4 is 58.1 Å². The number of hydrogen-bond donors (Lipinski definition) is 4. The van der Waals surface area contributed by atoms with Crippen molar-refractivity contribution in [3.63, 3.8) is 0 Å². The summed E-state index contributed by atoms with van der Waals surface area (Å²) in [4.78, 5) is 46.9. The molecule has 3 aliphatic rings. The number of nitrogens with zero attached hydrogens (tertiary/aromatic N) is 9. The maximum atomic E-state index is 11.8. The summed E-state index contributed by atoms with van der Waals surface area (Å²) in [6, 6.07) is 5.25. The van der Waals surface area contributed by atoms with E-state index >= 15 is 0 Å². The molecular formula is C37H48ClLiN12O8. The maximum absolute atomic E-state index is 11.8. The number of hydrogen-bond acceptors (Lipinski definition) is 15. The first-order valence-electron chi connectivity index (χ1n) is 18.6. The van der Waals surface area contributed by atoms with Gasteiger partial charge in [0.25, 0.3) is 0 Å². The average molecular weight is 831 g/mol. The third kappa shape index (κ3) is 13.6. The van der Waals surface area contributed by atoms with Gasteiger partial charge in [-0.05, 0) is 94.9 Å². The normalized spacial score (nSPS) is 13.7. The molecule has 0 bridgehead atoms. The number of fused-ring (bicyclic) bond motifs is 3. The number of aromatic nitrogens is 9. The number of carbonyl (C=O) groups is 3. The Morgan fingerprint density at radius 1 is 0.712 bits per heavy atom. The fourth-order valence-electron chi connectivity index (χ4n) is 5.13. The molecule has 3 saturated carbocycles. The number of carboxylic acids is 1. The summed E-state index contributed by atoms with van der Waals surface area (Å²) in [5.41, 5.74) is 7.38. The molecular weight excluding hydrogens is 783 g/mol. The van der Waals surface area contributed by atoms with Crippen LogP contribution in [-0.2, 0) is 9.47 Å². The number of ether oxygens (including phenoxy) is 2. The maximum Gasteiger partial charge on any atom is 1.00 e. The number of nitrogens with one attached hydrogen (secondary N) is 2. The molecule has 0 amide bonds. The minimum absolute atomic E-state index is 0. The summed E-state index contributed by atoms with van der Waals surface area (Å²) in [6.45, 7) is 6.93. The van der Waals surface area contributed by atoms with Crippen LogP contribution in [0.15, 0.2) is 55.4 Å². The summed E-state index contributed by atoms with van der Waals surface area (Å²) in [6.07, 6.45) is 17.2. The van der Waals surface area contributed by atoms with Crippen molar-refractivity contribution in [1.82, 2.24) is 43.8 Å². The number of aromatic carboxylic acids is 1. The fourth-order valence-corrected chi connectivity index (χ4v) is 5.27. The van der Waals surface area contributed by atoms with Gasteiger partial charge in [0, 0.05) is 31.7 Å². The van der Waals surface area contributed by atoms with E-state index in [0.717, 1.165) is 43.2 Å². The monoisotopic (exact) mass is 830 g/mol. The number of halogens is 1. The molecule has 9 rings (SSSR count). The van der Waals surface area contributed by atoms with Crippen LogP contribution < -0.4 is 35.2 Å². The molecule has 6 aromatic rings. The Bertz CT molecular complexity index is 2290. The van der Waals surface area contributed by atoms with Gasteiger partial charge in [0.2, 0.25) is 0 Å². The fraction of sp³-hybridized carbons (Fsp3) is 0.432. The molecule has 20 nitrogen and oxygen atoms in total. The molecule has 312 valence electrons. The van der Waals surface area contributed by atoms with Gasteiger partial charge < -0.3 is 41.9 Å². The Morgan fingerprint density at radius 2 is 1.10 bits per heavy atom. The van der Waals surface area contributed by atoms with E-state index in [1.165, 1.54) is 66.1 Å². The zero-order valence-corrected chi connectivity index (χ0v) is 33.9. The predicted octanol–water partition coefficient (Wildman–Crippen LogP) is 0.894. The van der Waals surface area contributed by atoms with Crippen molar-refractivity contribution in [2.45, 2.75) is 52.4 Å². The van der Waals surface area contributed by atoms with Gasteiger partial charge in [0.05, 0.1) is 31.8 Å². The third-order valence-electron chi connectivity index (χ3n) is 8.86. The first-order chi connectivity index (χ1) is 27.2. The number of nitrogens with two attached hydrogens (primary N) is 1. The Labute approximate surface area is 356 Å². The summed E-state index contributed by atoms with van der Waals surface area (Å²) in [5, 5.41) is 27.8. The van der Waals surface area contributed by atoms with Crippen LogP contribution in [0.2, 0.25) is 5.15 Å². The molecule has 6 heterocycles. The first kappa shape index (κ1) is 48.0. The van der Waals surface area contributed by atoms with Crippen molar-refractivity contribution in [3.05, 3.63) is 77.2 Å². The molecule has 0 atom stereocenters. The second-order valence-electron chi connectivity index (χ2n) is 13.4. The van der Waals surface area contributed by atoms with E-state index in [0.29, 0.717) is 52.3 Å². The average Bonchev–Trinajstić information content (AvgIpc) is 4.15. The minimum atomic E-state index is -1.01. The van der Waals surface area contributed by atoms with Crippen LogP contribution in [0.5, 0.6) is 0 Å². The van der Waals surface area contributed by atoms with Crippen molar-refractivity contribution < 1.29 is 58.8 Å². The van der Waals surface area contributed by atoms with E-state index < -0.39 is 11.9 Å². The van der Waals surface area contributed by atoms with Crippen LogP contribution in [0.25, 0.3) is 16.9 Å². The van der Waals surface area contributed by atoms with Gasteiger partial charge in [-0.1, -0.05) is 11.6 Å². The van der Waals surface area contributed by atoms with Crippen LogP contribution >= 0.6 is 11.6 Å². The van der Waals surface area contributed by atoms with E-state index in [2.05, 4.69) is 40.9 Å². The van der Waals surface area contributed by atoms with Crippen molar-refractivity contribution in [1.29, 1.82) is 0 Å². The number of carboxylic acid groups (broad SMARTS) is 1. The van der Waals surface area contributed by atoms with Gasteiger partial charge in [0.1, 0.15) is 33.5 Å². The van der Waals surface area contributed by atoms with Crippen molar-refractivity contribution in [2.75, 3.05) is 43.5 Å². The first-order valence-corrected chi connectivity index (χ1v) is 19.0. The number of carbonyl (C=O) groups excluding carboxylic acids is 2. The van der Waals surface area contributed by atoms with Gasteiger partial charge >= 0.3 is 36.8 Å². The number of rotatable bonds is 12. The zero-order chi connectivity index (χ0) is 39.6. The van der Waals surface area contributed by atoms with Crippen LogP contribution in [0.1, 0.15) is 83.4 Å². The van der Waals surface area contributed by atoms with E-state index in [1.54, 1.807) is 49.1 Å². The van der Waals surface area contributed by atoms with E-state index in [1.807, 2.05) is 6.07 Å². The molecule has 8 N–H and O–H groups in total. The SMILES string of the molecule is CCOC(=O)c1cnn2ccc(Cl)nc12.CCOC(=O)c1cnn2ccc(NCC3CC3)nc12.NCC1CC1.O.O=C(O)c1cnn2ccc(NCC3CC3)nc12.[Li+].[OH-]. The van der Waals surface area contributed by atoms with Crippen LogP contribution in [0.4, 0.5) is 11.6 Å². The van der Waals surface area contributed by atoms with Gasteiger partial charge in [-0.15, -0.1) is 0 Å². The summed E-state index contributed by atoms with van der Waals surface area (Å²) >= 11 is 5.72. The second-order valence-corrected chi connectivity index (χ2v) is 13.8. The summed E-state index contributed by atoms with van der Waals surface area (Å²) < 4.78 is 14.4. The smallest absolute Gasteiger partial charge is 0.870 e. The van der Waals surface area contributed by atoms with Gasteiger partial charge in [-0.3, -0.25) is 0 Å². The molecule has 59 heavy (non-hydrogen) atoms. The van der Waals surface area contributed by atoms with Gasteiger partial charge in [-0.2, -0.15) is 15.3 Å². The Kier molecular flexibility index (Phi) is 18.5. The molecule has 0 unspecified atom stereocenters. The topological polar surface area (TPSA) is 292 Å². The quantitative estimate of drug-likeness (QED) is 0.0757. The molecule has 0 radical (unpaired) electrons. The largest absolute Gasteiger partial charge is 1.00 e. The number of esters is 2. The third-order valence-corrected chi connectivity index (χ3v) is 9.07. The molecule has 3 aliphatic carbocycles. The van der Waals surface area contributed by atoms with E-state index in [9.17, 15) is 14.4 Å². The van der Waals surface area contributed by atoms with Crippen molar-refractivity contribution in [2.24, 2.45) is 23.5 Å². The molecule has 22 heteroatoms. The summed E-state index contributed by atoms with van der Waals surface area (Å²) in [7, 11) is 0.